The number of amides is 2. The summed E-state index contributed by atoms with van der Waals surface area (Å²) in [5.41, 5.74) is -0.380. The van der Waals surface area contributed by atoms with Crippen LogP contribution in [0, 0.1) is 5.82 Å². The first-order valence-electron chi connectivity index (χ1n) is 6.17. The normalized spacial score (nSPS) is 9.81. The van der Waals surface area contributed by atoms with Crippen molar-refractivity contribution in [1.82, 2.24) is 5.32 Å². The van der Waals surface area contributed by atoms with Crippen LogP contribution in [0.15, 0.2) is 18.2 Å². The highest BCUT2D eigenvalue weighted by Gasteiger charge is 2.11. The van der Waals surface area contributed by atoms with E-state index in [1.165, 1.54) is 6.07 Å². The monoisotopic (exact) mass is 298 g/mol. The number of benzene rings is 1. The lowest BCUT2D eigenvalue weighted by atomic mass is 10.2. The summed E-state index contributed by atoms with van der Waals surface area (Å²) in [5, 5.41) is 13.2. The Bertz CT molecular complexity index is 547. The topological polar surface area (TPSA) is 105 Å². The first-order chi connectivity index (χ1) is 9.93. The zero-order valence-electron chi connectivity index (χ0n) is 11.3. The molecule has 0 unspecified atom stereocenters. The van der Waals surface area contributed by atoms with E-state index < -0.39 is 23.8 Å². The third kappa shape index (κ3) is 5.47. The first-order valence-corrected chi connectivity index (χ1v) is 6.17. The van der Waals surface area contributed by atoms with Gasteiger partial charge in [-0.25, -0.2) is 14.0 Å². The fraction of sp³-hybridized carbons (Fsp3) is 0.308. The molecule has 0 aliphatic carbocycles. The molecular weight excluding hydrogens is 283 g/mol. The lowest BCUT2D eigenvalue weighted by Crippen LogP contribution is -2.31. The van der Waals surface area contributed by atoms with Crippen LogP contribution in [-0.4, -0.2) is 36.2 Å². The molecule has 0 atom stereocenters. The number of ether oxygens (including phenoxy) is 1. The zero-order chi connectivity index (χ0) is 15.8. The summed E-state index contributed by atoms with van der Waals surface area (Å²) in [7, 11) is 0. The number of hydrogen-bond donors (Lipinski definition) is 3. The Morgan fingerprint density at radius 2 is 2.05 bits per heavy atom. The molecule has 0 fully saturated rings. The minimum atomic E-state index is -1.26. The molecule has 2 amide bonds. The van der Waals surface area contributed by atoms with Crippen molar-refractivity contribution in [2.24, 2.45) is 0 Å². The van der Waals surface area contributed by atoms with Gasteiger partial charge in [0.15, 0.2) is 0 Å². The molecule has 1 rings (SSSR count). The summed E-state index contributed by atoms with van der Waals surface area (Å²) >= 11 is 0. The highest BCUT2D eigenvalue weighted by molar-refractivity contribution is 5.91. The van der Waals surface area contributed by atoms with Crippen LogP contribution in [0.25, 0.3) is 0 Å². The minimum Gasteiger partial charge on any atom is -0.478 e. The van der Waals surface area contributed by atoms with Crippen molar-refractivity contribution in [2.75, 3.05) is 18.5 Å². The molecule has 0 saturated heterocycles. The highest BCUT2D eigenvalue weighted by Crippen LogP contribution is 2.15. The van der Waals surface area contributed by atoms with E-state index in [2.05, 4.69) is 15.4 Å². The van der Waals surface area contributed by atoms with Crippen molar-refractivity contribution in [1.29, 1.82) is 0 Å². The average Bonchev–Trinajstić information content (AvgIpc) is 2.41. The zero-order valence-corrected chi connectivity index (χ0v) is 11.3. The van der Waals surface area contributed by atoms with Gasteiger partial charge in [0.25, 0.3) is 0 Å². The lowest BCUT2D eigenvalue weighted by Gasteiger charge is -2.08. The average molecular weight is 298 g/mol. The molecule has 0 radical (unpaired) electrons. The molecule has 0 aliphatic rings. The molecule has 7 nitrogen and oxygen atoms in total. The Morgan fingerprint density at radius 3 is 2.62 bits per heavy atom. The quantitative estimate of drug-likeness (QED) is 0.692. The van der Waals surface area contributed by atoms with Crippen molar-refractivity contribution in [2.45, 2.75) is 13.3 Å². The predicted molar refractivity (Wildman–Crippen MR) is 71.6 cm³/mol. The van der Waals surface area contributed by atoms with Gasteiger partial charge in [0.05, 0.1) is 24.3 Å². The highest BCUT2D eigenvalue weighted by atomic mass is 19.1. The molecule has 0 aromatic heterocycles. The summed E-state index contributed by atoms with van der Waals surface area (Å²) in [5.74, 6) is -2.58. The van der Waals surface area contributed by atoms with Gasteiger partial charge in [-0.1, -0.05) is 0 Å². The van der Waals surface area contributed by atoms with E-state index in [0.717, 1.165) is 12.1 Å². The van der Waals surface area contributed by atoms with Crippen LogP contribution in [0.3, 0.4) is 0 Å². The van der Waals surface area contributed by atoms with Crippen molar-refractivity contribution in [3.63, 3.8) is 0 Å². The van der Waals surface area contributed by atoms with Crippen LogP contribution < -0.4 is 10.6 Å². The number of esters is 1. The van der Waals surface area contributed by atoms with Crippen molar-refractivity contribution >= 4 is 23.7 Å². The molecule has 114 valence electrons. The van der Waals surface area contributed by atoms with Crippen molar-refractivity contribution in [3.8, 4) is 0 Å². The standard InChI is InChI=1S/C13H15FN2O5/c1-2-21-11(17)5-6-15-13(20)16-10-4-3-8(12(18)19)7-9(10)14/h3-4,7H,2,5-6H2,1H3,(H,18,19)(H2,15,16,20). The summed E-state index contributed by atoms with van der Waals surface area (Å²) in [4.78, 5) is 33.1. The van der Waals surface area contributed by atoms with Crippen LogP contribution in [0.4, 0.5) is 14.9 Å². The predicted octanol–water partition coefficient (Wildman–Crippen LogP) is 1.60. The Labute approximate surface area is 120 Å². The Kier molecular flexibility index (Phi) is 6.12. The van der Waals surface area contributed by atoms with Gasteiger partial charge in [0.2, 0.25) is 0 Å². The number of nitrogens with one attached hydrogen (secondary N) is 2. The molecule has 3 N–H and O–H groups in total. The van der Waals surface area contributed by atoms with Gasteiger partial charge in [0, 0.05) is 6.54 Å². The van der Waals surface area contributed by atoms with Crippen LogP contribution in [-0.2, 0) is 9.53 Å². The number of anilines is 1. The number of aromatic carboxylic acids is 1. The maximum absolute atomic E-state index is 13.5. The number of urea groups is 1. The number of carbonyl (C=O) groups excluding carboxylic acids is 2. The van der Waals surface area contributed by atoms with Crippen LogP contribution >= 0.6 is 0 Å². The number of carboxylic acids is 1. The number of rotatable bonds is 6. The smallest absolute Gasteiger partial charge is 0.335 e. The molecule has 1 aromatic rings. The number of carbonyl (C=O) groups is 3. The fourth-order valence-corrected chi connectivity index (χ4v) is 1.43. The van der Waals surface area contributed by atoms with Crippen LogP contribution in [0.1, 0.15) is 23.7 Å². The van der Waals surface area contributed by atoms with E-state index in [4.69, 9.17) is 5.11 Å². The number of carboxylic acid groups (broad SMARTS) is 1. The SMILES string of the molecule is CCOC(=O)CCNC(=O)Nc1ccc(C(=O)O)cc1F. The van der Waals surface area contributed by atoms with Crippen LogP contribution in [0.5, 0.6) is 0 Å². The van der Waals surface area contributed by atoms with Gasteiger partial charge in [-0.05, 0) is 25.1 Å². The van der Waals surface area contributed by atoms with E-state index in [1.54, 1.807) is 6.92 Å². The molecule has 0 aliphatic heterocycles. The molecule has 21 heavy (non-hydrogen) atoms. The first kappa shape index (κ1) is 16.4. The molecule has 0 heterocycles. The van der Waals surface area contributed by atoms with E-state index in [9.17, 15) is 18.8 Å². The Balaban J connectivity index is 2.48. The summed E-state index contributed by atoms with van der Waals surface area (Å²) < 4.78 is 18.2. The second-order valence-corrected chi connectivity index (χ2v) is 3.94. The number of halogens is 1. The van der Waals surface area contributed by atoms with E-state index >= 15 is 0 Å². The van der Waals surface area contributed by atoms with Crippen molar-refractivity contribution in [3.05, 3.63) is 29.6 Å². The van der Waals surface area contributed by atoms with Gasteiger partial charge >= 0.3 is 18.0 Å². The maximum Gasteiger partial charge on any atom is 0.335 e. The molecule has 0 spiro atoms. The van der Waals surface area contributed by atoms with Crippen molar-refractivity contribution < 1.29 is 28.6 Å². The van der Waals surface area contributed by atoms with E-state index in [-0.39, 0.29) is 30.8 Å². The van der Waals surface area contributed by atoms with Gasteiger partial charge in [-0.2, -0.15) is 0 Å². The Hall–Kier alpha value is -2.64. The van der Waals surface area contributed by atoms with Gasteiger partial charge in [-0.3, -0.25) is 4.79 Å². The second-order valence-electron chi connectivity index (χ2n) is 3.94. The molecule has 8 heteroatoms. The number of hydrogen-bond acceptors (Lipinski definition) is 4. The van der Waals surface area contributed by atoms with Gasteiger partial charge in [0.1, 0.15) is 5.82 Å². The molecule has 1 aromatic carbocycles. The minimum absolute atomic E-state index is 0.00168. The van der Waals surface area contributed by atoms with Gasteiger partial charge in [-0.15, -0.1) is 0 Å². The third-order valence-electron chi connectivity index (χ3n) is 2.38. The summed E-state index contributed by atoms with van der Waals surface area (Å²) in [6.45, 7) is 1.97. The molecule has 0 bridgehead atoms. The summed E-state index contributed by atoms with van der Waals surface area (Å²) in [6.07, 6.45) is 0.00168. The largest absolute Gasteiger partial charge is 0.478 e. The molecule has 0 saturated carbocycles. The molecular formula is C13H15FN2O5. The van der Waals surface area contributed by atoms with Gasteiger partial charge < -0.3 is 20.5 Å². The fourth-order valence-electron chi connectivity index (χ4n) is 1.43. The lowest BCUT2D eigenvalue weighted by molar-refractivity contribution is -0.142. The Morgan fingerprint density at radius 1 is 1.33 bits per heavy atom. The second kappa shape index (κ2) is 7.83. The third-order valence-corrected chi connectivity index (χ3v) is 2.38. The van der Waals surface area contributed by atoms with E-state index in [1.807, 2.05) is 0 Å². The maximum atomic E-state index is 13.5. The summed E-state index contributed by atoms with van der Waals surface area (Å²) in [6, 6.07) is 2.40. The van der Waals surface area contributed by atoms with E-state index in [0.29, 0.717) is 0 Å². The van der Waals surface area contributed by atoms with Crippen LogP contribution in [0.2, 0.25) is 0 Å².